The summed E-state index contributed by atoms with van der Waals surface area (Å²) in [6.07, 6.45) is 4.03. The number of fused-ring (bicyclic) bond motifs is 4. The number of halogens is 2. The van der Waals surface area contributed by atoms with E-state index in [1.165, 1.54) is 16.9 Å². The van der Waals surface area contributed by atoms with Crippen LogP contribution in [0.25, 0.3) is 6.08 Å². The van der Waals surface area contributed by atoms with Gasteiger partial charge >= 0.3 is 0 Å². The average Bonchev–Trinajstić information content (AvgIpc) is 3.53. The number of methoxy groups -OCH3 is 1. The summed E-state index contributed by atoms with van der Waals surface area (Å²) in [6.45, 7) is 3.80. The Hall–Kier alpha value is -4.99. The van der Waals surface area contributed by atoms with Gasteiger partial charge < -0.3 is 9.84 Å². The highest BCUT2D eigenvalue weighted by Crippen LogP contribution is 2.66. The van der Waals surface area contributed by atoms with Gasteiger partial charge in [0.05, 0.1) is 41.7 Å². The Bertz CT molecular complexity index is 2190. The van der Waals surface area contributed by atoms with Crippen molar-refractivity contribution < 1.29 is 29.0 Å². The number of imide groups is 2. The molecule has 8 rings (SSSR count). The van der Waals surface area contributed by atoms with E-state index >= 15 is 4.79 Å². The minimum atomic E-state index is -1.54. The van der Waals surface area contributed by atoms with Gasteiger partial charge in [0, 0.05) is 21.0 Å². The summed E-state index contributed by atoms with van der Waals surface area (Å²) in [5, 5.41) is 12.2. The molecular formula is C41H32BrClN2O6. The first kappa shape index (κ1) is 33.2. The minimum Gasteiger partial charge on any atom is -0.504 e. The lowest BCUT2D eigenvalue weighted by Crippen LogP contribution is -2.53. The number of allylic oxidation sites excluding steroid dienone is 2. The van der Waals surface area contributed by atoms with Gasteiger partial charge in [0.15, 0.2) is 11.5 Å². The van der Waals surface area contributed by atoms with Crippen LogP contribution in [0.4, 0.5) is 11.4 Å². The smallest absolute Gasteiger partial charge is 0.246 e. The second kappa shape index (κ2) is 12.4. The first-order valence-electron chi connectivity index (χ1n) is 16.7. The van der Waals surface area contributed by atoms with Crippen LogP contribution in [0.2, 0.25) is 5.02 Å². The van der Waals surface area contributed by atoms with E-state index in [0.717, 1.165) is 11.1 Å². The van der Waals surface area contributed by atoms with Gasteiger partial charge in [-0.25, -0.2) is 4.90 Å². The van der Waals surface area contributed by atoms with Crippen LogP contribution in [-0.4, -0.2) is 35.8 Å². The second-order valence-electron chi connectivity index (χ2n) is 13.4. The molecule has 1 N–H and O–H groups in total. The molecule has 0 spiro atoms. The van der Waals surface area contributed by atoms with Gasteiger partial charge in [-0.3, -0.25) is 24.1 Å². The topological polar surface area (TPSA) is 104 Å². The van der Waals surface area contributed by atoms with Crippen LogP contribution in [0, 0.1) is 23.7 Å². The highest BCUT2D eigenvalue weighted by Gasteiger charge is 2.70. The molecule has 256 valence electrons. The maximum absolute atomic E-state index is 15.4. The number of anilines is 2. The molecule has 0 radical (unpaired) electrons. The lowest BCUT2D eigenvalue weighted by molar-refractivity contribution is -0.127. The Kier molecular flexibility index (Phi) is 8.03. The minimum absolute atomic E-state index is 0.133. The molecule has 8 nitrogen and oxygen atoms in total. The molecule has 0 aromatic heterocycles. The standard InChI is InChI=1S/C41H32BrClN2O6/c1-3-22-12-14-26(15-13-22)44-37(47)29-17-16-28-30(34(29)39(44)49)21-32-38(48)45(27-11-7-10-25(43)20-27)40(50)41(32,23-8-5-4-6-9-23)35(28)31-18-24(42)19-33(51-2)36(31)46/h3-16,18-20,29-30,32,34-35,46H,1,17,21H2,2H3. The number of benzene rings is 4. The number of rotatable bonds is 6. The Labute approximate surface area is 308 Å². The van der Waals surface area contributed by atoms with E-state index in [4.69, 9.17) is 16.3 Å². The zero-order chi connectivity index (χ0) is 35.8. The monoisotopic (exact) mass is 762 g/mol. The summed E-state index contributed by atoms with van der Waals surface area (Å²) in [5.74, 6) is -5.47. The summed E-state index contributed by atoms with van der Waals surface area (Å²) in [7, 11) is 1.44. The number of hydrogen-bond acceptors (Lipinski definition) is 6. The van der Waals surface area contributed by atoms with Crippen LogP contribution in [0.1, 0.15) is 35.4 Å². The van der Waals surface area contributed by atoms with E-state index < -0.39 is 46.8 Å². The van der Waals surface area contributed by atoms with Gasteiger partial charge in [0.2, 0.25) is 23.6 Å². The molecule has 51 heavy (non-hydrogen) atoms. The van der Waals surface area contributed by atoms with Gasteiger partial charge in [-0.1, -0.05) is 100 Å². The fourth-order valence-electron chi connectivity index (χ4n) is 9.07. The van der Waals surface area contributed by atoms with E-state index in [-0.39, 0.29) is 36.2 Å². The fraction of sp³-hybridized carbons (Fsp3) is 0.220. The van der Waals surface area contributed by atoms with Gasteiger partial charge in [-0.2, -0.15) is 0 Å². The predicted molar refractivity (Wildman–Crippen MR) is 197 cm³/mol. The zero-order valence-electron chi connectivity index (χ0n) is 27.5. The van der Waals surface area contributed by atoms with Crippen molar-refractivity contribution in [1.82, 2.24) is 0 Å². The molecule has 10 heteroatoms. The van der Waals surface area contributed by atoms with Gasteiger partial charge in [-0.05, 0) is 72.4 Å². The van der Waals surface area contributed by atoms with Crippen LogP contribution in [0.5, 0.6) is 11.5 Å². The molecule has 4 aromatic carbocycles. The molecule has 1 saturated carbocycles. The number of hydrogen-bond donors (Lipinski definition) is 1. The van der Waals surface area contributed by atoms with Gasteiger partial charge in [-0.15, -0.1) is 0 Å². The van der Waals surface area contributed by atoms with Crippen LogP contribution < -0.4 is 14.5 Å². The Morgan fingerprint density at radius 1 is 0.882 bits per heavy atom. The Morgan fingerprint density at radius 3 is 2.31 bits per heavy atom. The number of carbonyl (C=O) groups is 4. The lowest BCUT2D eigenvalue weighted by atomic mass is 9.49. The number of phenols is 1. The molecule has 4 aliphatic rings. The van der Waals surface area contributed by atoms with Crippen LogP contribution in [0.3, 0.4) is 0 Å². The highest BCUT2D eigenvalue weighted by molar-refractivity contribution is 9.10. The quantitative estimate of drug-likeness (QED) is 0.159. The van der Waals surface area contributed by atoms with Gasteiger partial charge in [0.1, 0.15) is 0 Å². The van der Waals surface area contributed by atoms with Crippen LogP contribution in [-0.2, 0) is 24.6 Å². The number of carbonyl (C=O) groups excluding carboxylic acids is 4. The van der Waals surface area contributed by atoms with E-state index in [0.29, 0.717) is 32.0 Å². The molecule has 2 heterocycles. The summed E-state index contributed by atoms with van der Waals surface area (Å²) >= 11 is 9.98. The van der Waals surface area contributed by atoms with Crippen molar-refractivity contribution in [2.75, 3.05) is 16.9 Å². The first-order valence-corrected chi connectivity index (χ1v) is 17.8. The lowest BCUT2D eigenvalue weighted by Gasteiger charge is -2.50. The predicted octanol–water partition coefficient (Wildman–Crippen LogP) is 7.83. The van der Waals surface area contributed by atoms with E-state index in [2.05, 4.69) is 22.5 Å². The molecule has 6 atom stereocenters. The molecule has 2 aliphatic heterocycles. The third kappa shape index (κ3) is 4.78. The van der Waals surface area contributed by atoms with Crippen LogP contribution >= 0.6 is 27.5 Å². The average molecular weight is 764 g/mol. The van der Waals surface area contributed by atoms with Crippen molar-refractivity contribution in [2.45, 2.75) is 24.2 Å². The maximum Gasteiger partial charge on any atom is 0.246 e. The van der Waals surface area contributed by atoms with E-state index in [1.807, 2.05) is 36.4 Å². The summed E-state index contributed by atoms with van der Waals surface area (Å²) in [4.78, 5) is 61.4. The molecule has 3 fully saturated rings. The van der Waals surface area contributed by atoms with Crippen molar-refractivity contribution in [3.8, 4) is 11.5 Å². The normalized spacial score (nSPS) is 26.8. The largest absolute Gasteiger partial charge is 0.504 e. The zero-order valence-corrected chi connectivity index (χ0v) is 29.8. The summed E-state index contributed by atoms with van der Waals surface area (Å²) in [6, 6.07) is 26.2. The van der Waals surface area contributed by atoms with Crippen molar-refractivity contribution in [1.29, 1.82) is 0 Å². The molecule has 4 aromatic rings. The maximum atomic E-state index is 15.4. The van der Waals surface area contributed by atoms with E-state index in [1.54, 1.807) is 66.7 Å². The number of phenolic OH excluding ortho intramolecular Hbond substituents is 1. The Balaban J connectivity index is 1.37. The van der Waals surface area contributed by atoms with Gasteiger partial charge in [0.25, 0.3) is 0 Å². The number of aromatic hydroxyl groups is 1. The Morgan fingerprint density at radius 2 is 1.63 bits per heavy atom. The highest BCUT2D eigenvalue weighted by atomic mass is 79.9. The molecule has 0 bridgehead atoms. The summed E-state index contributed by atoms with van der Waals surface area (Å²) < 4.78 is 6.18. The molecule has 2 saturated heterocycles. The van der Waals surface area contributed by atoms with Crippen molar-refractivity contribution in [3.05, 3.63) is 135 Å². The van der Waals surface area contributed by atoms with Crippen molar-refractivity contribution in [3.63, 3.8) is 0 Å². The number of ether oxygens (including phenoxy) is 1. The van der Waals surface area contributed by atoms with E-state index in [9.17, 15) is 19.5 Å². The molecule has 2 aliphatic carbocycles. The fourth-order valence-corrected chi connectivity index (χ4v) is 9.71. The molecular weight excluding hydrogens is 732 g/mol. The third-order valence-corrected chi connectivity index (χ3v) is 11.8. The number of amides is 4. The SMILES string of the molecule is C=Cc1ccc(N2C(=O)C3CC=C4C(CC5C(=O)N(c6cccc(Cl)c6)C(=O)C5(c5ccccc5)C4c4cc(Br)cc(OC)c4O)C3C2=O)cc1. The summed E-state index contributed by atoms with van der Waals surface area (Å²) in [5.41, 5.74) is 1.80. The number of nitrogens with zero attached hydrogens (tertiary/aromatic N) is 2. The van der Waals surface area contributed by atoms with Crippen LogP contribution in [0.15, 0.2) is 114 Å². The van der Waals surface area contributed by atoms with Crippen molar-refractivity contribution >= 4 is 68.6 Å². The first-order chi connectivity index (χ1) is 24.6. The molecule has 4 amide bonds. The second-order valence-corrected chi connectivity index (χ2v) is 14.8. The van der Waals surface area contributed by atoms with Crippen molar-refractivity contribution in [2.24, 2.45) is 23.7 Å². The molecule has 6 unspecified atom stereocenters. The third-order valence-electron chi connectivity index (χ3n) is 11.2.